The lowest BCUT2D eigenvalue weighted by molar-refractivity contribution is 0.307. The van der Waals surface area contributed by atoms with Crippen molar-refractivity contribution in [3.05, 3.63) is 100 Å². The van der Waals surface area contributed by atoms with Crippen LogP contribution in [0.1, 0.15) is 5.56 Å². The number of aromatic nitrogens is 1. The highest BCUT2D eigenvalue weighted by molar-refractivity contribution is 5.82. The average Bonchev–Trinajstić information content (AvgIpc) is 2.67. The summed E-state index contributed by atoms with van der Waals surface area (Å²) in [5.74, 6) is 0.334. The van der Waals surface area contributed by atoms with Gasteiger partial charge >= 0.3 is 0 Å². The van der Waals surface area contributed by atoms with E-state index in [4.69, 9.17) is 4.74 Å². The second-order valence-electron chi connectivity index (χ2n) is 6.01. The van der Waals surface area contributed by atoms with Crippen LogP contribution in [0, 0.1) is 5.82 Å². The summed E-state index contributed by atoms with van der Waals surface area (Å²) in [6.07, 6.45) is 0. The molecule has 0 aliphatic carbocycles. The van der Waals surface area contributed by atoms with E-state index in [-0.39, 0.29) is 17.9 Å². The minimum Gasteiger partial charge on any atom is -0.488 e. The Labute approximate surface area is 149 Å². The number of hydrogen-bond acceptors (Lipinski definition) is 2. The monoisotopic (exact) mass is 345 g/mol. The van der Waals surface area contributed by atoms with Gasteiger partial charge in [-0.15, -0.1) is 0 Å². The van der Waals surface area contributed by atoms with Crippen LogP contribution in [-0.4, -0.2) is 4.98 Å². The van der Waals surface area contributed by atoms with Crippen molar-refractivity contribution in [3.63, 3.8) is 0 Å². The van der Waals surface area contributed by atoms with E-state index in [1.807, 2.05) is 48.5 Å². The fraction of sp³-hybridized carbons (Fsp3) is 0.0455. The molecule has 0 saturated carbocycles. The van der Waals surface area contributed by atoms with Crippen molar-refractivity contribution in [2.24, 2.45) is 0 Å². The van der Waals surface area contributed by atoms with Gasteiger partial charge in [0, 0.05) is 22.5 Å². The number of ether oxygens (including phenoxy) is 1. The summed E-state index contributed by atoms with van der Waals surface area (Å²) in [5, 5.41) is 0.648. The van der Waals surface area contributed by atoms with Gasteiger partial charge < -0.3 is 9.72 Å². The second kappa shape index (κ2) is 6.84. The summed E-state index contributed by atoms with van der Waals surface area (Å²) in [7, 11) is 0. The van der Waals surface area contributed by atoms with E-state index < -0.39 is 0 Å². The van der Waals surface area contributed by atoms with E-state index in [1.54, 1.807) is 18.2 Å². The van der Waals surface area contributed by atoms with Crippen molar-refractivity contribution in [2.45, 2.75) is 6.61 Å². The molecule has 0 unspecified atom stereocenters. The molecule has 0 amide bonds. The molecule has 0 saturated heterocycles. The van der Waals surface area contributed by atoms with Crippen molar-refractivity contribution < 1.29 is 9.13 Å². The van der Waals surface area contributed by atoms with E-state index in [1.165, 1.54) is 12.1 Å². The fourth-order valence-corrected chi connectivity index (χ4v) is 2.94. The van der Waals surface area contributed by atoms with Crippen LogP contribution in [0.15, 0.2) is 83.7 Å². The van der Waals surface area contributed by atoms with Crippen LogP contribution < -0.4 is 10.2 Å². The largest absolute Gasteiger partial charge is 0.488 e. The first-order valence-corrected chi connectivity index (χ1v) is 8.29. The zero-order valence-corrected chi connectivity index (χ0v) is 13.9. The van der Waals surface area contributed by atoms with Gasteiger partial charge in [-0.2, -0.15) is 0 Å². The van der Waals surface area contributed by atoms with Gasteiger partial charge in [-0.3, -0.25) is 4.79 Å². The van der Waals surface area contributed by atoms with Gasteiger partial charge in [-0.1, -0.05) is 36.4 Å². The highest BCUT2D eigenvalue weighted by Crippen LogP contribution is 2.29. The first-order chi connectivity index (χ1) is 12.7. The van der Waals surface area contributed by atoms with Gasteiger partial charge in [-0.05, 0) is 42.0 Å². The second-order valence-corrected chi connectivity index (χ2v) is 6.01. The molecule has 4 heteroatoms. The van der Waals surface area contributed by atoms with Gasteiger partial charge in [0.2, 0.25) is 0 Å². The van der Waals surface area contributed by atoms with Crippen LogP contribution >= 0.6 is 0 Å². The predicted octanol–water partition coefficient (Wildman–Crippen LogP) is 4.91. The average molecular weight is 345 g/mol. The topological polar surface area (TPSA) is 42.1 Å². The molecule has 1 N–H and O–H groups in total. The number of nitrogens with one attached hydrogen (secondary N) is 1. The molecule has 4 aromatic rings. The van der Waals surface area contributed by atoms with E-state index in [2.05, 4.69) is 4.98 Å². The zero-order valence-electron chi connectivity index (χ0n) is 13.9. The van der Waals surface area contributed by atoms with E-state index in [9.17, 15) is 9.18 Å². The molecule has 0 radical (unpaired) electrons. The van der Waals surface area contributed by atoms with Crippen molar-refractivity contribution in [1.82, 2.24) is 4.98 Å². The van der Waals surface area contributed by atoms with E-state index in [0.29, 0.717) is 16.8 Å². The first kappa shape index (κ1) is 16.1. The molecule has 128 valence electrons. The third-order valence-electron chi connectivity index (χ3n) is 4.20. The van der Waals surface area contributed by atoms with Crippen LogP contribution in [-0.2, 0) is 6.61 Å². The minimum atomic E-state index is -0.293. The summed E-state index contributed by atoms with van der Waals surface area (Å²) in [6, 6.07) is 22.8. The Morgan fingerprint density at radius 3 is 2.58 bits per heavy atom. The van der Waals surface area contributed by atoms with Gasteiger partial charge in [0.15, 0.2) is 5.43 Å². The quantitative estimate of drug-likeness (QED) is 0.571. The number of para-hydroxylation sites is 2. The molecule has 1 heterocycles. The zero-order chi connectivity index (χ0) is 17.9. The van der Waals surface area contributed by atoms with Crippen molar-refractivity contribution >= 4 is 10.9 Å². The third kappa shape index (κ3) is 3.22. The molecular formula is C22H16FNO2. The van der Waals surface area contributed by atoms with Gasteiger partial charge in [-0.25, -0.2) is 4.39 Å². The van der Waals surface area contributed by atoms with Gasteiger partial charge in [0.1, 0.15) is 18.2 Å². The molecule has 3 aromatic carbocycles. The van der Waals surface area contributed by atoms with E-state index in [0.717, 1.165) is 16.6 Å². The standard InChI is InChI=1S/C22H16FNO2/c23-16-7-5-6-15(12-16)14-26-22-11-4-2-9-18(22)20-13-21(25)17-8-1-3-10-19(17)24-20/h1-13H,14H2,(H,24,25). The molecule has 1 aromatic heterocycles. The summed E-state index contributed by atoms with van der Waals surface area (Å²) in [4.78, 5) is 15.7. The number of benzene rings is 3. The number of aromatic amines is 1. The SMILES string of the molecule is O=c1cc(-c2ccccc2OCc2cccc(F)c2)[nH]c2ccccc12. The van der Waals surface area contributed by atoms with Crippen LogP contribution in [0.2, 0.25) is 0 Å². The number of H-pyrrole nitrogens is 1. The highest BCUT2D eigenvalue weighted by Gasteiger charge is 2.09. The van der Waals surface area contributed by atoms with Crippen LogP contribution in [0.4, 0.5) is 4.39 Å². The molecule has 0 aliphatic heterocycles. The van der Waals surface area contributed by atoms with Crippen LogP contribution in [0.5, 0.6) is 5.75 Å². The summed E-state index contributed by atoms with van der Waals surface area (Å²) >= 11 is 0. The predicted molar refractivity (Wildman–Crippen MR) is 101 cm³/mol. The lowest BCUT2D eigenvalue weighted by atomic mass is 10.1. The number of hydrogen-bond donors (Lipinski definition) is 1. The molecule has 0 bridgehead atoms. The van der Waals surface area contributed by atoms with E-state index >= 15 is 0 Å². The Hall–Kier alpha value is -3.40. The molecule has 26 heavy (non-hydrogen) atoms. The Balaban J connectivity index is 1.71. The number of rotatable bonds is 4. The number of pyridine rings is 1. The Morgan fingerprint density at radius 2 is 1.69 bits per heavy atom. The van der Waals surface area contributed by atoms with Crippen LogP contribution in [0.25, 0.3) is 22.2 Å². The highest BCUT2D eigenvalue weighted by atomic mass is 19.1. The maximum Gasteiger partial charge on any atom is 0.190 e. The molecule has 0 atom stereocenters. The molecule has 0 aliphatic rings. The Bertz CT molecular complexity index is 1130. The molecule has 0 fully saturated rings. The Kier molecular flexibility index (Phi) is 4.23. The lowest BCUT2D eigenvalue weighted by Gasteiger charge is -2.12. The maximum atomic E-state index is 13.3. The Morgan fingerprint density at radius 1 is 0.885 bits per heavy atom. The molecule has 0 spiro atoms. The first-order valence-electron chi connectivity index (χ1n) is 8.29. The lowest BCUT2D eigenvalue weighted by Crippen LogP contribution is -2.04. The van der Waals surface area contributed by atoms with Gasteiger partial charge in [0.05, 0.1) is 5.69 Å². The summed E-state index contributed by atoms with van der Waals surface area (Å²) < 4.78 is 19.2. The minimum absolute atomic E-state index is 0.0470. The van der Waals surface area contributed by atoms with Crippen molar-refractivity contribution in [2.75, 3.05) is 0 Å². The normalized spacial score (nSPS) is 10.8. The van der Waals surface area contributed by atoms with Crippen molar-refractivity contribution in [3.8, 4) is 17.0 Å². The fourth-order valence-electron chi connectivity index (χ4n) is 2.94. The van der Waals surface area contributed by atoms with Crippen LogP contribution in [0.3, 0.4) is 0 Å². The number of halogens is 1. The third-order valence-corrected chi connectivity index (χ3v) is 4.20. The molecule has 4 rings (SSSR count). The summed E-state index contributed by atoms with van der Waals surface area (Å²) in [5.41, 5.74) is 2.94. The smallest absolute Gasteiger partial charge is 0.190 e. The molecular weight excluding hydrogens is 329 g/mol. The number of fused-ring (bicyclic) bond motifs is 1. The van der Waals surface area contributed by atoms with Gasteiger partial charge in [0.25, 0.3) is 0 Å². The van der Waals surface area contributed by atoms with Crippen molar-refractivity contribution in [1.29, 1.82) is 0 Å². The maximum absolute atomic E-state index is 13.3. The molecule has 3 nitrogen and oxygen atoms in total. The summed E-state index contributed by atoms with van der Waals surface area (Å²) in [6.45, 7) is 0.243.